The Hall–Kier alpha value is -2.72. The van der Waals surface area contributed by atoms with Crippen molar-refractivity contribution in [2.24, 2.45) is 0 Å². The number of aryl methyl sites for hydroxylation is 3. The van der Waals surface area contributed by atoms with Crippen LogP contribution in [0.4, 0.5) is 0 Å². The van der Waals surface area contributed by atoms with Gasteiger partial charge in [0.2, 0.25) is 0 Å². The molecule has 0 fully saturated rings. The third-order valence-corrected chi connectivity index (χ3v) is 6.14. The number of imidazole rings is 1. The van der Waals surface area contributed by atoms with E-state index in [2.05, 4.69) is 73.9 Å². The number of rotatable bonds is 6. The third kappa shape index (κ3) is 4.18. The molecule has 1 aromatic heterocycles. The van der Waals surface area contributed by atoms with E-state index >= 15 is 0 Å². The number of hydrogen-bond acceptors (Lipinski definition) is 3. The highest BCUT2D eigenvalue weighted by molar-refractivity contribution is 7.98. The predicted octanol–water partition coefficient (Wildman–Crippen LogP) is 6.64. The second kappa shape index (κ2) is 8.34. The smallest absolute Gasteiger partial charge is 0.174 e. The first kappa shape index (κ1) is 19.6. The molecule has 0 bridgehead atoms. The molecule has 0 aliphatic carbocycles. The van der Waals surface area contributed by atoms with Crippen LogP contribution in [0, 0.1) is 20.8 Å². The van der Waals surface area contributed by atoms with Crippen molar-refractivity contribution < 1.29 is 4.74 Å². The zero-order valence-corrected chi connectivity index (χ0v) is 18.2. The van der Waals surface area contributed by atoms with E-state index in [1.165, 1.54) is 22.3 Å². The average Bonchev–Trinajstić information content (AvgIpc) is 3.06. The molecule has 0 saturated carbocycles. The zero-order valence-electron chi connectivity index (χ0n) is 17.4. The lowest BCUT2D eigenvalue weighted by molar-refractivity contribution is 0.340. The molecule has 29 heavy (non-hydrogen) atoms. The Labute approximate surface area is 176 Å². The Kier molecular flexibility index (Phi) is 5.63. The van der Waals surface area contributed by atoms with Crippen LogP contribution in [0.1, 0.15) is 29.2 Å². The van der Waals surface area contributed by atoms with Gasteiger partial charge in [-0.05, 0) is 80.8 Å². The molecule has 3 aromatic carbocycles. The van der Waals surface area contributed by atoms with Crippen molar-refractivity contribution in [1.29, 1.82) is 0 Å². The SMILES string of the molecule is CCOc1ccc(-n2c(SCc3ccc(C)cc3)nc3cc(C)c(C)cc32)cc1. The molecule has 0 N–H and O–H groups in total. The molecular weight excluding hydrogens is 376 g/mol. The molecule has 148 valence electrons. The van der Waals surface area contributed by atoms with E-state index in [0.717, 1.165) is 33.4 Å². The summed E-state index contributed by atoms with van der Waals surface area (Å²) < 4.78 is 7.88. The van der Waals surface area contributed by atoms with Gasteiger partial charge >= 0.3 is 0 Å². The highest BCUT2D eigenvalue weighted by atomic mass is 32.2. The minimum Gasteiger partial charge on any atom is -0.494 e. The maximum atomic E-state index is 5.62. The Balaban J connectivity index is 1.75. The quantitative estimate of drug-likeness (QED) is 0.338. The lowest BCUT2D eigenvalue weighted by Gasteiger charge is -2.11. The number of benzene rings is 3. The van der Waals surface area contributed by atoms with E-state index in [-0.39, 0.29) is 0 Å². The van der Waals surface area contributed by atoms with Gasteiger partial charge in [0.25, 0.3) is 0 Å². The summed E-state index contributed by atoms with van der Waals surface area (Å²) in [6, 6.07) is 21.4. The summed E-state index contributed by atoms with van der Waals surface area (Å²) in [7, 11) is 0. The summed E-state index contributed by atoms with van der Waals surface area (Å²) in [5.74, 6) is 1.78. The van der Waals surface area contributed by atoms with Gasteiger partial charge < -0.3 is 4.74 Å². The van der Waals surface area contributed by atoms with Crippen molar-refractivity contribution >= 4 is 22.8 Å². The Morgan fingerprint density at radius 2 is 1.59 bits per heavy atom. The number of ether oxygens (including phenoxy) is 1. The molecule has 3 nitrogen and oxygen atoms in total. The van der Waals surface area contributed by atoms with Gasteiger partial charge in [0.05, 0.1) is 17.6 Å². The lowest BCUT2D eigenvalue weighted by atomic mass is 10.1. The Bertz CT molecular complexity index is 1130. The van der Waals surface area contributed by atoms with Crippen LogP contribution in [0.2, 0.25) is 0 Å². The molecule has 4 rings (SSSR count). The van der Waals surface area contributed by atoms with Crippen molar-refractivity contribution in [3.8, 4) is 11.4 Å². The van der Waals surface area contributed by atoms with Gasteiger partial charge in [-0.25, -0.2) is 4.98 Å². The van der Waals surface area contributed by atoms with Crippen LogP contribution >= 0.6 is 11.8 Å². The molecular formula is C25H26N2OS. The van der Waals surface area contributed by atoms with Crippen LogP contribution in [0.3, 0.4) is 0 Å². The maximum Gasteiger partial charge on any atom is 0.174 e. The van der Waals surface area contributed by atoms with Gasteiger partial charge in [-0.1, -0.05) is 41.6 Å². The van der Waals surface area contributed by atoms with Crippen LogP contribution in [0.15, 0.2) is 65.8 Å². The summed E-state index contributed by atoms with van der Waals surface area (Å²) in [5.41, 5.74) is 8.41. The first-order valence-electron chi connectivity index (χ1n) is 9.96. The number of hydrogen-bond donors (Lipinski definition) is 0. The van der Waals surface area contributed by atoms with Crippen LogP contribution in [-0.4, -0.2) is 16.2 Å². The van der Waals surface area contributed by atoms with Crippen molar-refractivity contribution in [2.45, 2.75) is 38.6 Å². The first-order valence-corrected chi connectivity index (χ1v) is 10.9. The number of thioether (sulfide) groups is 1. The van der Waals surface area contributed by atoms with Gasteiger partial charge in [-0.2, -0.15) is 0 Å². The predicted molar refractivity (Wildman–Crippen MR) is 122 cm³/mol. The van der Waals surface area contributed by atoms with E-state index in [9.17, 15) is 0 Å². The highest BCUT2D eigenvalue weighted by Crippen LogP contribution is 2.32. The molecule has 0 atom stereocenters. The normalized spacial score (nSPS) is 11.2. The van der Waals surface area contributed by atoms with Gasteiger partial charge in [-0.3, -0.25) is 4.57 Å². The van der Waals surface area contributed by atoms with Crippen molar-refractivity contribution in [3.05, 3.63) is 82.9 Å². The Morgan fingerprint density at radius 1 is 0.897 bits per heavy atom. The highest BCUT2D eigenvalue weighted by Gasteiger charge is 2.15. The molecule has 0 saturated heterocycles. The number of aromatic nitrogens is 2. The average molecular weight is 403 g/mol. The van der Waals surface area contributed by atoms with E-state index < -0.39 is 0 Å². The molecule has 0 unspecified atom stereocenters. The van der Waals surface area contributed by atoms with Crippen molar-refractivity contribution in [3.63, 3.8) is 0 Å². The molecule has 0 radical (unpaired) electrons. The number of fused-ring (bicyclic) bond motifs is 1. The summed E-state index contributed by atoms with van der Waals surface area (Å²) in [6.07, 6.45) is 0. The van der Waals surface area contributed by atoms with Gasteiger partial charge in [-0.15, -0.1) is 0 Å². The van der Waals surface area contributed by atoms with E-state index in [4.69, 9.17) is 9.72 Å². The van der Waals surface area contributed by atoms with E-state index in [0.29, 0.717) is 6.61 Å². The fourth-order valence-electron chi connectivity index (χ4n) is 3.35. The molecule has 4 heteroatoms. The molecule has 0 aliphatic rings. The van der Waals surface area contributed by atoms with Gasteiger partial charge in [0.15, 0.2) is 5.16 Å². The van der Waals surface area contributed by atoms with Crippen molar-refractivity contribution in [2.75, 3.05) is 6.61 Å². The Morgan fingerprint density at radius 3 is 2.28 bits per heavy atom. The topological polar surface area (TPSA) is 27.1 Å². The van der Waals surface area contributed by atoms with Crippen LogP contribution in [-0.2, 0) is 5.75 Å². The molecule has 4 aromatic rings. The van der Waals surface area contributed by atoms with Gasteiger partial charge in [0, 0.05) is 11.4 Å². The fourth-order valence-corrected chi connectivity index (χ4v) is 4.33. The summed E-state index contributed by atoms with van der Waals surface area (Å²) in [4.78, 5) is 4.98. The van der Waals surface area contributed by atoms with Crippen LogP contribution in [0.25, 0.3) is 16.7 Å². The standard InChI is InChI=1S/C25H26N2OS/c1-5-28-22-12-10-21(11-13-22)27-24-15-19(4)18(3)14-23(24)26-25(27)29-16-20-8-6-17(2)7-9-20/h6-15H,5,16H2,1-4H3. The molecule has 0 amide bonds. The minimum absolute atomic E-state index is 0.670. The second-order valence-electron chi connectivity index (χ2n) is 7.36. The third-order valence-electron chi connectivity index (χ3n) is 5.13. The summed E-state index contributed by atoms with van der Waals surface area (Å²) in [5, 5.41) is 1.01. The summed E-state index contributed by atoms with van der Waals surface area (Å²) in [6.45, 7) is 9.09. The molecule has 0 spiro atoms. The maximum absolute atomic E-state index is 5.62. The number of nitrogens with zero attached hydrogens (tertiary/aromatic N) is 2. The van der Waals surface area contributed by atoms with Gasteiger partial charge in [0.1, 0.15) is 5.75 Å². The minimum atomic E-state index is 0.670. The van der Waals surface area contributed by atoms with Crippen molar-refractivity contribution in [1.82, 2.24) is 9.55 Å². The zero-order chi connectivity index (χ0) is 20.4. The molecule has 1 heterocycles. The second-order valence-corrected chi connectivity index (χ2v) is 8.30. The molecule has 0 aliphatic heterocycles. The first-order chi connectivity index (χ1) is 14.0. The van der Waals surface area contributed by atoms with Crippen LogP contribution < -0.4 is 4.74 Å². The van der Waals surface area contributed by atoms with E-state index in [1.807, 2.05) is 19.1 Å². The summed E-state index contributed by atoms with van der Waals surface area (Å²) >= 11 is 1.77. The monoisotopic (exact) mass is 402 g/mol. The fraction of sp³-hybridized carbons (Fsp3) is 0.240. The van der Waals surface area contributed by atoms with Crippen LogP contribution in [0.5, 0.6) is 5.75 Å². The largest absolute Gasteiger partial charge is 0.494 e. The van der Waals surface area contributed by atoms with E-state index in [1.54, 1.807) is 11.8 Å². The lowest BCUT2D eigenvalue weighted by Crippen LogP contribution is -1.98.